The molecule has 0 fully saturated rings. The van der Waals surface area contributed by atoms with Gasteiger partial charge in [0, 0.05) is 19.0 Å². The molecule has 0 spiro atoms. The van der Waals surface area contributed by atoms with E-state index in [-0.39, 0.29) is 24.3 Å². The molecule has 39 heavy (non-hydrogen) atoms. The molecule has 7 nitrogen and oxygen atoms in total. The zero-order chi connectivity index (χ0) is 29.0. The van der Waals surface area contributed by atoms with Crippen LogP contribution in [0.2, 0.25) is 0 Å². The molecule has 2 aromatic carbocycles. The van der Waals surface area contributed by atoms with Gasteiger partial charge in [0.15, 0.2) is 0 Å². The third kappa shape index (κ3) is 10.7. The van der Waals surface area contributed by atoms with Crippen LogP contribution in [0.4, 0.5) is 4.79 Å². The smallest absolute Gasteiger partial charge is 0.408 e. The Kier molecular flexibility index (Phi) is 12.5. The minimum Gasteiger partial charge on any atom is -0.444 e. The van der Waals surface area contributed by atoms with Crippen molar-refractivity contribution in [1.82, 2.24) is 15.5 Å². The van der Waals surface area contributed by atoms with Crippen LogP contribution in [0.5, 0.6) is 0 Å². The normalized spacial score (nSPS) is 12.9. The van der Waals surface area contributed by atoms with E-state index in [1.54, 1.807) is 25.7 Å². The van der Waals surface area contributed by atoms with Gasteiger partial charge in [-0.3, -0.25) is 9.59 Å². The molecule has 7 heteroatoms. The Labute approximate surface area is 234 Å². The molecular weight excluding hydrogens is 490 g/mol. The number of alkyl carbamates (subject to hydrolysis) is 1. The summed E-state index contributed by atoms with van der Waals surface area (Å²) < 4.78 is 5.51. The number of rotatable bonds is 13. The molecule has 214 valence electrons. The molecule has 0 saturated carbocycles. The van der Waals surface area contributed by atoms with E-state index >= 15 is 0 Å². The minimum atomic E-state index is -0.909. The first-order valence-corrected chi connectivity index (χ1v) is 14.2. The highest BCUT2D eigenvalue weighted by Gasteiger charge is 2.36. The van der Waals surface area contributed by atoms with Crippen LogP contribution in [0.25, 0.3) is 0 Å². The molecule has 0 radical (unpaired) electrons. The summed E-state index contributed by atoms with van der Waals surface area (Å²) in [6, 6.07) is 15.6. The number of aryl methyl sites for hydroxylation is 1. The van der Waals surface area contributed by atoms with E-state index in [1.807, 2.05) is 68.4 Å². The Bertz CT molecular complexity index is 1050. The second kappa shape index (κ2) is 15.3. The maximum atomic E-state index is 14.3. The predicted molar refractivity (Wildman–Crippen MR) is 156 cm³/mol. The average molecular weight is 538 g/mol. The largest absolute Gasteiger partial charge is 0.444 e. The molecule has 0 heterocycles. The Morgan fingerprint density at radius 1 is 0.872 bits per heavy atom. The first-order valence-electron chi connectivity index (χ1n) is 14.2. The van der Waals surface area contributed by atoms with Crippen molar-refractivity contribution in [2.75, 3.05) is 6.54 Å². The molecule has 0 aliphatic heterocycles. The van der Waals surface area contributed by atoms with Gasteiger partial charge < -0.3 is 20.3 Å². The zero-order valence-corrected chi connectivity index (χ0v) is 24.8. The lowest BCUT2D eigenvalue weighted by Gasteiger charge is -2.35. The molecule has 2 atom stereocenters. The van der Waals surface area contributed by atoms with Gasteiger partial charge in [0.25, 0.3) is 0 Å². The first-order chi connectivity index (χ1) is 18.4. The van der Waals surface area contributed by atoms with Gasteiger partial charge in [-0.05, 0) is 64.2 Å². The molecule has 2 N–H and O–H groups in total. The van der Waals surface area contributed by atoms with E-state index in [1.165, 1.54) is 0 Å². The molecule has 3 amide bonds. The highest BCUT2D eigenvalue weighted by Crippen LogP contribution is 2.25. The van der Waals surface area contributed by atoms with Crippen LogP contribution in [0.3, 0.4) is 0 Å². The molecule has 0 saturated heterocycles. The Morgan fingerprint density at radius 3 is 2.05 bits per heavy atom. The number of amides is 3. The van der Waals surface area contributed by atoms with Crippen molar-refractivity contribution in [2.24, 2.45) is 0 Å². The lowest BCUT2D eigenvalue weighted by atomic mass is 9.98. The van der Waals surface area contributed by atoms with E-state index < -0.39 is 23.8 Å². The molecular formula is C32H47N3O4. The van der Waals surface area contributed by atoms with Gasteiger partial charge in [0.1, 0.15) is 17.7 Å². The molecule has 2 rings (SSSR count). The highest BCUT2D eigenvalue weighted by molar-refractivity contribution is 5.92. The van der Waals surface area contributed by atoms with Crippen molar-refractivity contribution in [3.8, 4) is 0 Å². The van der Waals surface area contributed by atoms with Crippen molar-refractivity contribution in [3.05, 3.63) is 71.3 Å². The van der Waals surface area contributed by atoms with Crippen molar-refractivity contribution in [2.45, 2.75) is 104 Å². The van der Waals surface area contributed by atoms with E-state index in [0.29, 0.717) is 6.54 Å². The lowest BCUT2D eigenvalue weighted by molar-refractivity contribution is -0.142. The summed E-state index contributed by atoms with van der Waals surface area (Å²) in [4.78, 5) is 42.5. The molecule has 2 unspecified atom stereocenters. The fourth-order valence-corrected chi connectivity index (χ4v) is 4.37. The predicted octanol–water partition coefficient (Wildman–Crippen LogP) is 5.97. The molecule has 0 aliphatic carbocycles. The zero-order valence-electron chi connectivity index (χ0n) is 24.8. The van der Waals surface area contributed by atoms with Gasteiger partial charge in [0.2, 0.25) is 11.8 Å². The maximum absolute atomic E-state index is 14.3. The second-order valence-corrected chi connectivity index (χ2v) is 11.3. The van der Waals surface area contributed by atoms with Gasteiger partial charge in [-0.25, -0.2) is 4.79 Å². The number of hydrogen-bond acceptors (Lipinski definition) is 4. The summed E-state index contributed by atoms with van der Waals surface area (Å²) in [5.41, 5.74) is 2.08. The third-order valence-electron chi connectivity index (χ3n) is 6.25. The SMILES string of the molecule is CCCCCN(C(=O)C(Cc1ccccc1)NC(=O)OC(C)(C)C)C(C(=O)NC(C)C)c1ccc(CC)cc1. The number of carbonyl (C=O) groups excluding carboxylic acids is 3. The standard InChI is InChI=1S/C32H47N3O4/c1-8-10-14-21-35(28(29(36)33-23(3)4)26-19-17-24(9-2)18-20-26)30(37)27(22-25-15-12-11-13-16-25)34-31(38)39-32(5,6)7/h11-13,15-20,23,27-28H,8-10,14,21-22H2,1-7H3,(H,33,36)(H,34,38). The number of nitrogens with zero attached hydrogens (tertiary/aromatic N) is 1. The Hall–Kier alpha value is -3.35. The summed E-state index contributed by atoms with van der Waals surface area (Å²) in [5.74, 6) is -0.556. The van der Waals surface area contributed by atoms with Crippen molar-refractivity contribution < 1.29 is 19.1 Å². The van der Waals surface area contributed by atoms with Crippen LogP contribution in [0.1, 0.15) is 90.5 Å². The van der Waals surface area contributed by atoms with Crippen LogP contribution < -0.4 is 10.6 Å². The van der Waals surface area contributed by atoms with E-state index in [9.17, 15) is 14.4 Å². The highest BCUT2D eigenvalue weighted by atomic mass is 16.6. The number of hydrogen-bond donors (Lipinski definition) is 2. The summed E-state index contributed by atoms with van der Waals surface area (Å²) >= 11 is 0. The first kappa shape index (κ1) is 31.9. The Balaban J connectivity index is 2.54. The van der Waals surface area contributed by atoms with Crippen LogP contribution in [0, 0.1) is 0 Å². The number of carbonyl (C=O) groups is 3. The van der Waals surface area contributed by atoms with Crippen molar-refractivity contribution >= 4 is 17.9 Å². The second-order valence-electron chi connectivity index (χ2n) is 11.3. The molecule has 0 aromatic heterocycles. The quantitative estimate of drug-likeness (QED) is 0.308. The Morgan fingerprint density at radius 2 is 1.51 bits per heavy atom. The monoisotopic (exact) mass is 537 g/mol. The van der Waals surface area contributed by atoms with Crippen LogP contribution in [0.15, 0.2) is 54.6 Å². The van der Waals surface area contributed by atoms with Crippen LogP contribution in [-0.4, -0.2) is 47.0 Å². The lowest BCUT2D eigenvalue weighted by Crippen LogP contribution is -2.54. The maximum Gasteiger partial charge on any atom is 0.408 e. The van der Waals surface area contributed by atoms with Crippen molar-refractivity contribution in [1.29, 1.82) is 0 Å². The minimum absolute atomic E-state index is 0.0949. The molecule has 2 aromatic rings. The van der Waals surface area contributed by atoms with E-state index in [0.717, 1.165) is 42.4 Å². The van der Waals surface area contributed by atoms with Gasteiger partial charge >= 0.3 is 6.09 Å². The number of ether oxygens (including phenoxy) is 1. The number of nitrogens with one attached hydrogen (secondary N) is 2. The van der Waals surface area contributed by atoms with Gasteiger partial charge in [0.05, 0.1) is 0 Å². The van der Waals surface area contributed by atoms with E-state index in [4.69, 9.17) is 4.74 Å². The van der Waals surface area contributed by atoms with Gasteiger partial charge in [-0.1, -0.05) is 81.3 Å². The third-order valence-corrected chi connectivity index (χ3v) is 6.25. The van der Waals surface area contributed by atoms with Crippen LogP contribution >= 0.6 is 0 Å². The average Bonchev–Trinajstić information content (AvgIpc) is 2.86. The molecule has 0 bridgehead atoms. The van der Waals surface area contributed by atoms with Gasteiger partial charge in [-0.2, -0.15) is 0 Å². The number of unbranched alkanes of at least 4 members (excludes halogenated alkanes) is 2. The summed E-state index contributed by atoms with van der Waals surface area (Å²) in [6.45, 7) is 13.7. The van der Waals surface area contributed by atoms with Crippen molar-refractivity contribution in [3.63, 3.8) is 0 Å². The number of benzene rings is 2. The topological polar surface area (TPSA) is 87.7 Å². The summed E-state index contributed by atoms with van der Waals surface area (Å²) in [5, 5.41) is 5.82. The van der Waals surface area contributed by atoms with Gasteiger partial charge in [-0.15, -0.1) is 0 Å². The van der Waals surface area contributed by atoms with E-state index in [2.05, 4.69) is 24.5 Å². The fraction of sp³-hybridized carbons (Fsp3) is 0.531. The van der Waals surface area contributed by atoms with Crippen LogP contribution in [-0.2, 0) is 27.2 Å². The summed E-state index contributed by atoms with van der Waals surface area (Å²) in [6.07, 6.45) is 3.11. The molecule has 0 aliphatic rings. The summed E-state index contributed by atoms with van der Waals surface area (Å²) in [7, 11) is 0. The fourth-order valence-electron chi connectivity index (χ4n) is 4.37.